The van der Waals surface area contributed by atoms with Crippen LogP contribution in [0.2, 0.25) is 0 Å². The SMILES string of the molecule is CCC1OC(c2ccc(OC)cc2)NC1CCOc1ccc2c(c1)CCC2CC(=O)O. The zero-order valence-electron chi connectivity index (χ0n) is 18.2. The second kappa shape index (κ2) is 9.71. The van der Waals surface area contributed by atoms with Crippen LogP contribution in [0.15, 0.2) is 42.5 Å². The number of aliphatic carboxylic acids is 1. The van der Waals surface area contributed by atoms with Gasteiger partial charge in [-0.05, 0) is 72.6 Å². The molecule has 1 fully saturated rings. The van der Waals surface area contributed by atoms with E-state index in [1.807, 2.05) is 36.4 Å². The summed E-state index contributed by atoms with van der Waals surface area (Å²) in [5.74, 6) is 1.08. The molecule has 2 aliphatic rings. The molecule has 0 spiro atoms. The van der Waals surface area contributed by atoms with Crippen molar-refractivity contribution in [1.82, 2.24) is 5.32 Å². The second-order valence-corrected chi connectivity index (χ2v) is 8.34. The van der Waals surface area contributed by atoms with Gasteiger partial charge in [0.25, 0.3) is 0 Å². The van der Waals surface area contributed by atoms with Crippen LogP contribution in [0.3, 0.4) is 0 Å². The summed E-state index contributed by atoms with van der Waals surface area (Å²) in [6.07, 6.45) is 3.84. The molecule has 1 saturated heterocycles. The topological polar surface area (TPSA) is 77.0 Å². The molecule has 1 heterocycles. The van der Waals surface area contributed by atoms with E-state index in [9.17, 15) is 4.79 Å². The monoisotopic (exact) mass is 425 g/mol. The third-order valence-corrected chi connectivity index (χ3v) is 6.38. The van der Waals surface area contributed by atoms with Crippen molar-refractivity contribution in [2.24, 2.45) is 0 Å². The third kappa shape index (κ3) is 5.02. The van der Waals surface area contributed by atoms with Crippen molar-refractivity contribution in [3.63, 3.8) is 0 Å². The fourth-order valence-electron chi connectivity index (χ4n) is 4.71. The van der Waals surface area contributed by atoms with Gasteiger partial charge in [-0.15, -0.1) is 0 Å². The van der Waals surface area contributed by atoms with Crippen molar-refractivity contribution >= 4 is 5.97 Å². The van der Waals surface area contributed by atoms with Crippen LogP contribution in [0.5, 0.6) is 11.5 Å². The first-order chi connectivity index (χ1) is 15.1. The zero-order chi connectivity index (χ0) is 21.8. The maximum atomic E-state index is 11.0. The number of benzene rings is 2. The smallest absolute Gasteiger partial charge is 0.303 e. The van der Waals surface area contributed by atoms with Crippen molar-refractivity contribution in [3.8, 4) is 11.5 Å². The predicted octanol–water partition coefficient (Wildman–Crippen LogP) is 4.43. The Morgan fingerprint density at radius 1 is 1.19 bits per heavy atom. The summed E-state index contributed by atoms with van der Waals surface area (Å²) in [5.41, 5.74) is 3.48. The minimum absolute atomic E-state index is 0.119. The molecule has 4 rings (SSSR count). The van der Waals surface area contributed by atoms with E-state index < -0.39 is 5.97 Å². The molecule has 4 atom stereocenters. The first-order valence-corrected chi connectivity index (χ1v) is 11.1. The Bertz CT molecular complexity index is 897. The molecule has 1 aliphatic carbocycles. The van der Waals surface area contributed by atoms with E-state index in [0.29, 0.717) is 6.61 Å². The van der Waals surface area contributed by atoms with Crippen LogP contribution >= 0.6 is 0 Å². The molecule has 0 radical (unpaired) electrons. The number of hydrogen-bond donors (Lipinski definition) is 2. The molecule has 31 heavy (non-hydrogen) atoms. The van der Waals surface area contributed by atoms with Crippen molar-refractivity contribution in [1.29, 1.82) is 0 Å². The van der Waals surface area contributed by atoms with Crippen LogP contribution in [-0.2, 0) is 16.0 Å². The number of nitrogens with one attached hydrogen (secondary N) is 1. The van der Waals surface area contributed by atoms with E-state index in [2.05, 4.69) is 18.3 Å². The number of carbonyl (C=O) groups is 1. The Labute approximate surface area is 183 Å². The van der Waals surface area contributed by atoms with Gasteiger partial charge in [0.05, 0.1) is 26.2 Å². The molecule has 0 aromatic heterocycles. The number of carboxylic acids is 1. The summed E-state index contributed by atoms with van der Waals surface area (Å²) in [6, 6.07) is 14.3. The molecular weight excluding hydrogens is 394 g/mol. The summed E-state index contributed by atoms with van der Waals surface area (Å²) >= 11 is 0. The Morgan fingerprint density at radius 3 is 2.68 bits per heavy atom. The fraction of sp³-hybridized carbons (Fsp3) is 0.480. The maximum absolute atomic E-state index is 11.0. The van der Waals surface area contributed by atoms with E-state index in [-0.39, 0.29) is 30.7 Å². The quantitative estimate of drug-likeness (QED) is 0.619. The lowest BCUT2D eigenvalue weighted by Crippen LogP contribution is -2.32. The normalized spacial score (nSPS) is 24.7. The molecule has 4 unspecified atom stereocenters. The van der Waals surface area contributed by atoms with Gasteiger partial charge < -0.3 is 19.3 Å². The molecule has 0 bridgehead atoms. The molecule has 2 aromatic carbocycles. The van der Waals surface area contributed by atoms with Gasteiger partial charge in [-0.2, -0.15) is 0 Å². The van der Waals surface area contributed by atoms with E-state index in [1.54, 1.807) is 7.11 Å². The highest BCUT2D eigenvalue weighted by atomic mass is 16.5. The van der Waals surface area contributed by atoms with Gasteiger partial charge in [0.15, 0.2) is 0 Å². The number of hydrogen-bond acceptors (Lipinski definition) is 5. The van der Waals surface area contributed by atoms with E-state index in [0.717, 1.165) is 48.3 Å². The number of methoxy groups -OCH3 is 1. The molecule has 2 N–H and O–H groups in total. The Hall–Kier alpha value is -2.57. The number of rotatable bonds is 9. The van der Waals surface area contributed by atoms with Crippen LogP contribution in [0.25, 0.3) is 0 Å². The fourth-order valence-corrected chi connectivity index (χ4v) is 4.71. The highest BCUT2D eigenvalue weighted by Crippen LogP contribution is 2.37. The van der Waals surface area contributed by atoms with Gasteiger partial charge in [0.1, 0.15) is 17.7 Å². The van der Waals surface area contributed by atoms with Crippen molar-refractivity contribution in [2.45, 2.75) is 63.3 Å². The lowest BCUT2D eigenvalue weighted by molar-refractivity contribution is -0.137. The summed E-state index contributed by atoms with van der Waals surface area (Å²) in [6.45, 7) is 2.74. The summed E-state index contributed by atoms with van der Waals surface area (Å²) < 4.78 is 17.5. The van der Waals surface area contributed by atoms with Crippen molar-refractivity contribution in [3.05, 3.63) is 59.2 Å². The number of ether oxygens (including phenoxy) is 3. The zero-order valence-corrected chi connectivity index (χ0v) is 18.2. The second-order valence-electron chi connectivity index (χ2n) is 8.34. The predicted molar refractivity (Wildman–Crippen MR) is 118 cm³/mol. The van der Waals surface area contributed by atoms with E-state index >= 15 is 0 Å². The van der Waals surface area contributed by atoms with E-state index in [1.165, 1.54) is 5.56 Å². The summed E-state index contributed by atoms with van der Waals surface area (Å²) in [7, 11) is 1.66. The largest absolute Gasteiger partial charge is 0.497 e. The van der Waals surface area contributed by atoms with Gasteiger partial charge in [-0.25, -0.2) is 0 Å². The van der Waals surface area contributed by atoms with Gasteiger partial charge in [0, 0.05) is 6.04 Å². The van der Waals surface area contributed by atoms with Gasteiger partial charge in [-0.1, -0.05) is 25.1 Å². The molecular formula is C25H31NO5. The number of aryl methyl sites for hydroxylation is 1. The molecule has 6 nitrogen and oxygen atoms in total. The van der Waals surface area contributed by atoms with Crippen LogP contribution in [0, 0.1) is 0 Å². The van der Waals surface area contributed by atoms with Crippen molar-refractivity contribution in [2.75, 3.05) is 13.7 Å². The highest BCUT2D eigenvalue weighted by Gasteiger charge is 2.34. The minimum atomic E-state index is -0.733. The van der Waals surface area contributed by atoms with Crippen LogP contribution < -0.4 is 14.8 Å². The maximum Gasteiger partial charge on any atom is 0.303 e. The average Bonchev–Trinajstić information content (AvgIpc) is 3.37. The summed E-state index contributed by atoms with van der Waals surface area (Å²) in [4.78, 5) is 11.0. The molecule has 0 amide bonds. The molecule has 6 heteroatoms. The van der Waals surface area contributed by atoms with E-state index in [4.69, 9.17) is 19.3 Å². The van der Waals surface area contributed by atoms with Gasteiger partial charge >= 0.3 is 5.97 Å². The number of carboxylic acid groups (broad SMARTS) is 1. The molecule has 0 saturated carbocycles. The lowest BCUT2D eigenvalue weighted by atomic mass is 9.98. The van der Waals surface area contributed by atoms with Crippen molar-refractivity contribution < 1.29 is 24.1 Å². The van der Waals surface area contributed by atoms with Crippen LogP contribution in [-0.4, -0.2) is 36.9 Å². The van der Waals surface area contributed by atoms with Crippen LogP contribution in [0.4, 0.5) is 0 Å². The molecule has 1 aliphatic heterocycles. The first kappa shape index (κ1) is 21.7. The Kier molecular flexibility index (Phi) is 6.78. The van der Waals surface area contributed by atoms with Gasteiger partial charge in [-0.3, -0.25) is 10.1 Å². The first-order valence-electron chi connectivity index (χ1n) is 11.1. The average molecular weight is 426 g/mol. The van der Waals surface area contributed by atoms with Crippen LogP contribution in [0.1, 0.15) is 61.4 Å². The number of fused-ring (bicyclic) bond motifs is 1. The van der Waals surface area contributed by atoms with Gasteiger partial charge in [0.2, 0.25) is 0 Å². The summed E-state index contributed by atoms with van der Waals surface area (Å²) in [5, 5.41) is 12.7. The highest BCUT2D eigenvalue weighted by molar-refractivity contribution is 5.68. The molecule has 2 aromatic rings. The minimum Gasteiger partial charge on any atom is -0.497 e. The lowest BCUT2D eigenvalue weighted by Gasteiger charge is -2.17. The Morgan fingerprint density at radius 2 is 1.97 bits per heavy atom. The Balaban J connectivity index is 1.31. The molecule has 166 valence electrons. The third-order valence-electron chi connectivity index (χ3n) is 6.38. The standard InChI is InChI=1S/C25H31NO5/c1-3-23-22(26-25(31-23)16-6-8-19(29-2)9-7-16)12-13-30-20-10-11-21-17(14-20)4-5-18(21)15-24(27)28/h6-11,14,18,22-23,25-26H,3-5,12-13,15H2,1-2H3,(H,27,28).